The molecule has 5 nitrogen and oxygen atoms in total. The smallest absolute Gasteiger partial charge is 0.283 e. The average Bonchev–Trinajstić information content (AvgIpc) is 2.63. The van der Waals surface area contributed by atoms with E-state index in [4.69, 9.17) is 46.4 Å². The SMILES string of the molecule is O=S(=O)(O)C(c1cc(Cl)c(Cl)c(Cl)c1)(c1ccccc1O)c1cccc(Cl)c1O. The summed E-state index contributed by atoms with van der Waals surface area (Å²) in [6.07, 6.45) is 0. The first kappa shape index (κ1) is 22.0. The summed E-state index contributed by atoms with van der Waals surface area (Å²) in [5.74, 6) is -1.08. The molecule has 0 bridgehead atoms. The maximum atomic E-state index is 12.9. The van der Waals surface area contributed by atoms with Crippen LogP contribution in [0.4, 0.5) is 0 Å². The molecule has 0 saturated carbocycles. The van der Waals surface area contributed by atoms with Crippen molar-refractivity contribution in [1.82, 2.24) is 0 Å². The summed E-state index contributed by atoms with van der Waals surface area (Å²) in [5, 5.41) is 20.7. The minimum atomic E-state index is -5.13. The minimum Gasteiger partial charge on any atom is -0.508 e. The summed E-state index contributed by atoms with van der Waals surface area (Å²) in [4.78, 5) is 0. The molecule has 10 heteroatoms. The summed E-state index contributed by atoms with van der Waals surface area (Å²) in [6, 6.07) is 11.8. The van der Waals surface area contributed by atoms with Gasteiger partial charge in [0.1, 0.15) is 11.5 Å². The lowest BCUT2D eigenvalue weighted by molar-refractivity contribution is 0.428. The van der Waals surface area contributed by atoms with Crippen LogP contribution in [-0.2, 0) is 14.9 Å². The van der Waals surface area contributed by atoms with Crippen LogP contribution in [0.1, 0.15) is 16.7 Å². The van der Waals surface area contributed by atoms with Gasteiger partial charge in [0.05, 0.1) is 20.1 Å². The molecule has 0 aromatic heterocycles. The number of halogens is 4. The van der Waals surface area contributed by atoms with Crippen molar-refractivity contribution in [3.05, 3.63) is 91.4 Å². The Morgan fingerprint density at radius 2 is 1.31 bits per heavy atom. The fourth-order valence-electron chi connectivity index (χ4n) is 3.21. The molecular weight excluding hydrogens is 482 g/mol. The minimum absolute atomic E-state index is 0.0334. The van der Waals surface area contributed by atoms with Gasteiger partial charge in [0, 0.05) is 11.1 Å². The number of para-hydroxylation sites is 2. The highest BCUT2D eigenvalue weighted by molar-refractivity contribution is 7.87. The van der Waals surface area contributed by atoms with Crippen molar-refractivity contribution in [1.29, 1.82) is 0 Å². The average molecular weight is 494 g/mol. The van der Waals surface area contributed by atoms with E-state index in [-0.39, 0.29) is 36.8 Å². The van der Waals surface area contributed by atoms with Gasteiger partial charge in [0.15, 0.2) is 4.75 Å². The van der Waals surface area contributed by atoms with E-state index < -0.39 is 26.4 Å². The molecule has 0 radical (unpaired) electrons. The first-order valence-electron chi connectivity index (χ1n) is 7.90. The molecule has 0 spiro atoms. The van der Waals surface area contributed by atoms with Gasteiger partial charge in [-0.05, 0) is 29.8 Å². The van der Waals surface area contributed by atoms with Crippen LogP contribution in [0, 0.1) is 0 Å². The summed E-state index contributed by atoms with van der Waals surface area (Å²) in [7, 11) is -5.13. The highest BCUT2D eigenvalue weighted by Gasteiger charge is 2.52. The molecule has 0 heterocycles. The largest absolute Gasteiger partial charge is 0.508 e. The third-order valence-corrected chi connectivity index (χ3v) is 7.38. The van der Waals surface area contributed by atoms with Gasteiger partial charge in [-0.1, -0.05) is 76.7 Å². The van der Waals surface area contributed by atoms with E-state index in [0.717, 1.165) is 0 Å². The van der Waals surface area contributed by atoms with E-state index in [9.17, 15) is 23.2 Å². The quantitative estimate of drug-likeness (QED) is 0.239. The van der Waals surface area contributed by atoms with Gasteiger partial charge in [-0.2, -0.15) is 8.42 Å². The molecule has 3 rings (SSSR count). The van der Waals surface area contributed by atoms with Crippen molar-refractivity contribution in [2.75, 3.05) is 0 Å². The number of hydrogen-bond donors (Lipinski definition) is 3. The molecule has 0 amide bonds. The summed E-state index contributed by atoms with van der Waals surface area (Å²) < 4.78 is 33.8. The van der Waals surface area contributed by atoms with Crippen molar-refractivity contribution in [3.63, 3.8) is 0 Å². The topological polar surface area (TPSA) is 94.8 Å². The van der Waals surface area contributed by atoms with Crippen LogP contribution >= 0.6 is 46.4 Å². The van der Waals surface area contributed by atoms with Crippen LogP contribution in [0.5, 0.6) is 11.5 Å². The molecule has 0 aliphatic carbocycles. The van der Waals surface area contributed by atoms with Crippen molar-refractivity contribution < 1.29 is 23.2 Å². The van der Waals surface area contributed by atoms with Crippen LogP contribution in [0.15, 0.2) is 54.6 Å². The summed E-state index contributed by atoms with van der Waals surface area (Å²) in [5.41, 5.74) is -0.739. The second kappa shape index (κ2) is 7.87. The van der Waals surface area contributed by atoms with Crippen LogP contribution in [-0.4, -0.2) is 23.2 Å². The molecule has 0 fully saturated rings. The Balaban J connectivity index is 2.63. The van der Waals surface area contributed by atoms with Gasteiger partial charge >= 0.3 is 0 Å². The van der Waals surface area contributed by atoms with Gasteiger partial charge < -0.3 is 10.2 Å². The molecule has 3 aromatic rings. The highest BCUT2D eigenvalue weighted by Crippen LogP contribution is 2.52. The van der Waals surface area contributed by atoms with E-state index in [1.807, 2.05) is 0 Å². The Morgan fingerprint density at radius 1 is 0.759 bits per heavy atom. The number of benzene rings is 3. The van der Waals surface area contributed by atoms with Crippen molar-refractivity contribution in [2.24, 2.45) is 0 Å². The molecular formula is C19H12Cl4O5S. The van der Waals surface area contributed by atoms with Crippen LogP contribution in [0.3, 0.4) is 0 Å². The maximum absolute atomic E-state index is 12.9. The Bertz CT molecular complexity index is 1190. The maximum Gasteiger partial charge on any atom is 0.283 e. The number of phenols is 2. The lowest BCUT2D eigenvalue weighted by Gasteiger charge is -2.33. The molecule has 29 heavy (non-hydrogen) atoms. The zero-order valence-corrected chi connectivity index (χ0v) is 18.1. The Labute approximate surface area is 186 Å². The van der Waals surface area contributed by atoms with Crippen molar-refractivity contribution in [2.45, 2.75) is 4.75 Å². The third-order valence-electron chi connectivity index (χ3n) is 4.43. The van der Waals surface area contributed by atoms with Crippen LogP contribution < -0.4 is 0 Å². The molecule has 0 saturated heterocycles. The fraction of sp³-hybridized carbons (Fsp3) is 0.0526. The second-order valence-electron chi connectivity index (χ2n) is 6.06. The van der Waals surface area contributed by atoms with E-state index in [0.29, 0.717) is 0 Å². The van der Waals surface area contributed by atoms with Crippen LogP contribution in [0.2, 0.25) is 20.1 Å². The van der Waals surface area contributed by atoms with E-state index in [1.165, 1.54) is 54.6 Å². The Morgan fingerprint density at radius 3 is 1.86 bits per heavy atom. The third kappa shape index (κ3) is 3.54. The highest BCUT2D eigenvalue weighted by atomic mass is 35.5. The lowest BCUT2D eigenvalue weighted by Crippen LogP contribution is -2.38. The Kier molecular flexibility index (Phi) is 5.98. The zero-order valence-electron chi connectivity index (χ0n) is 14.3. The van der Waals surface area contributed by atoms with Gasteiger partial charge in [-0.3, -0.25) is 4.55 Å². The first-order valence-corrected chi connectivity index (χ1v) is 10.9. The number of rotatable bonds is 4. The predicted octanol–water partition coefficient (Wildman–Crippen LogP) is 5.89. The summed E-state index contributed by atoms with van der Waals surface area (Å²) >= 11 is 24.2. The molecule has 152 valence electrons. The van der Waals surface area contributed by atoms with E-state index >= 15 is 0 Å². The molecule has 3 N–H and O–H groups in total. The number of hydrogen-bond acceptors (Lipinski definition) is 4. The first-order chi connectivity index (χ1) is 13.5. The van der Waals surface area contributed by atoms with Gasteiger partial charge in [-0.15, -0.1) is 0 Å². The monoisotopic (exact) mass is 492 g/mol. The zero-order chi connectivity index (χ0) is 21.6. The van der Waals surface area contributed by atoms with Crippen LogP contribution in [0.25, 0.3) is 0 Å². The Hall–Kier alpha value is -1.67. The molecule has 0 aliphatic rings. The molecule has 0 aliphatic heterocycles. The number of aromatic hydroxyl groups is 2. The van der Waals surface area contributed by atoms with Gasteiger partial charge in [0.25, 0.3) is 10.1 Å². The van der Waals surface area contributed by atoms with E-state index in [1.54, 1.807) is 0 Å². The van der Waals surface area contributed by atoms with Gasteiger partial charge in [-0.25, -0.2) is 0 Å². The molecule has 1 unspecified atom stereocenters. The van der Waals surface area contributed by atoms with E-state index in [2.05, 4.69) is 0 Å². The fourth-order valence-corrected chi connectivity index (χ4v) is 5.29. The van der Waals surface area contributed by atoms with Crippen molar-refractivity contribution in [3.8, 4) is 11.5 Å². The summed E-state index contributed by atoms with van der Waals surface area (Å²) in [6.45, 7) is 0. The van der Waals surface area contributed by atoms with Gasteiger partial charge in [0.2, 0.25) is 0 Å². The lowest BCUT2D eigenvalue weighted by atomic mass is 9.83. The predicted molar refractivity (Wildman–Crippen MR) is 114 cm³/mol. The molecule has 1 atom stereocenters. The second-order valence-corrected chi connectivity index (χ2v) is 9.23. The molecule has 3 aromatic carbocycles. The normalized spacial score (nSPS) is 13.8. The standard InChI is InChI=1S/C19H12Cl4O5S/c20-13-6-3-5-12(18(13)25)19(29(26,27)28,11-4-1-2-7-16(11)24)10-8-14(21)17(23)15(22)9-10/h1-9,24-25H,(H,26,27,28). The number of phenolic OH excluding ortho intramolecular Hbond substituents is 2. The van der Waals surface area contributed by atoms with Crippen molar-refractivity contribution >= 4 is 56.5 Å².